The van der Waals surface area contributed by atoms with Crippen LogP contribution in [0.4, 0.5) is 8.78 Å². The van der Waals surface area contributed by atoms with E-state index in [0.29, 0.717) is 18.5 Å². The molecule has 0 radical (unpaired) electrons. The Kier molecular flexibility index (Phi) is 3.37. The van der Waals surface area contributed by atoms with Crippen molar-refractivity contribution >= 4 is 32.6 Å². The third-order valence-electron chi connectivity index (χ3n) is 5.07. The number of hydrogen-bond acceptors (Lipinski definition) is 4. The van der Waals surface area contributed by atoms with Crippen LogP contribution < -0.4 is 0 Å². The molecule has 0 bridgehead atoms. The lowest BCUT2D eigenvalue weighted by atomic mass is 9.78. The van der Waals surface area contributed by atoms with Gasteiger partial charge in [-0.1, -0.05) is 0 Å². The number of aryl methyl sites for hydroxylation is 1. The SMILES string of the molecule is Cn1cc2cc(-c3ccc4cc(CC5CCC5(F)F)sc4n3)cnc2n1. The molecular formula is C19H16F2N4S. The maximum absolute atomic E-state index is 13.5. The van der Waals surface area contributed by atoms with Crippen LogP contribution in [0, 0.1) is 5.92 Å². The van der Waals surface area contributed by atoms with E-state index in [1.165, 1.54) is 11.3 Å². The number of alkyl halides is 2. The van der Waals surface area contributed by atoms with Crippen molar-refractivity contribution in [2.24, 2.45) is 13.0 Å². The van der Waals surface area contributed by atoms with Gasteiger partial charge in [0.15, 0.2) is 5.65 Å². The zero-order chi connectivity index (χ0) is 17.9. The molecule has 1 fully saturated rings. The second-order valence-corrected chi connectivity index (χ2v) is 8.06. The molecule has 4 aromatic heterocycles. The second-order valence-electron chi connectivity index (χ2n) is 6.94. The zero-order valence-electron chi connectivity index (χ0n) is 14.1. The molecule has 1 aliphatic carbocycles. The smallest absolute Gasteiger partial charge is 0.251 e. The highest BCUT2D eigenvalue weighted by molar-refractivity contribution is 7.18. The molecule has 0 saturated heterocycles. The molecular weight excluding hydrogens is 354 g/mol. The molecule has 26 heavy (non-hydrogen) atoms. The molecule has 0 spiro atoms. The molecule has 1 aliphatic rings. The monoisotopic (exact) mass is 370 g/mol. The van der Waals surface area contributed by atoms with Gasteiger partial charge in [-0.3, -0.25) is 4.68 Å². The minimum absolute atomic E-state index is 0.0226. The molecule has 1 atom stereocenters. The summed E-state index contributed by atoms with van der Waals surface area (Å²) in [6.07, 6.45) is 4.76. The molecule has 7 heteroatoms. The quantitative estimate of drug-likeness (QED) is 0.519. The van der Waals surface area contributed by atoms with Crippen molar-refractivity contribution in [2.45, 2.75) is 25.2 Å². The Morgan fingerprint density at radius 1 is 1.27 bits per heavy atom. The van der Waals surface area contributed by atoms with Crippen molar-refractivity contribution in [2.75, 3.05) is 0 Å². The van der Waals surface area contributed by atoms with Crippen molar-refractivity contribution < 1.29 is 8.78 Å². The fourth-order valence-corrected chi connectivity index (χ4v) is 4.57. The first-order valence-electron chi connectivity index (χ1n) is 8.55. The van der Waals surface area contributed by atoms with Crippen LogP contribution in [0.15, 0.2) is 36.7 Å². The Labute approximate surface area is 152 Å². The first-order valence-corrected chi connectivity index (χ1v) is 9.37. The standard InChI is InChI=1S/C19H16F2N4S/c1-25-10-13-6-12(9-22-17(13)24-25)16-3-2-11-7-15(26-18(11)23-16)8-14-4-5-19(14,20)21/h2-3,6-7,9-10,14H,4-5,8H2,1H3. The van der Waals surface area contributed by atoms with E-state index in [9.17, 15) is 8.78 Å². The third kappa shape index (κ3) is 2.58. The first-order chi connectivity index (χ1) is 12.5. The van der Waals surface area contributed by atoms with Crippen LogP contribution in [0.2, 0.25) is 0 Å². The molecule has 4 nitrogen and oxygen atoms in total. The number of halogens is 2. The molecule has 0 aliphatic heterocycles. The van der Waals surface area contributed by atoms with E-state index in [0.717, 1.165) is 31.7 Å². The number of pyridine rings is 2. The number of fused-ring (bicyclic) bond motifs is 2. The van der Waals surface area contributed by atoms with E-state index in [4.69, 9.17) is 4.98 Å². The van der Waals surface area contributed by atoms with Gasteiger partial charge < -0.3 is 0 Å². The van der Waals surface area contributed by atoms with Crippen LogP contribution in [-0.4, -0.2) is 25.7 Å². The predicted octanol–water partition coefficient (Wildman–Crippen LogP) is 4.83. The van der Waals surface area contributed by atoms with Gasteiger partial charge in [-0.25, -0.2) is 18.7 Å². The minimum atomic E-state index is -2.50. The highest BCUT2D eigenvalue weighted by Crippen LogP contribution is 2.46. The first kappa shape index (κ1) is 15.8. The average Bonchev–Trinajstić information content (AvgIpc) is 3.19. The highest BCUT2D eigenvalue weighted by atomic mass is 32.1. The minimum Gasteiger partial charge on any atom is -0.273 e. The van der Waals surface area contributed by atoms with Gasteiger partial charge in [0.2, 0.25) is 0 Å². The van der Waals surface area contributed by atoms with E-state index in [-0.39, 0.29) is 6.42 Å². The lowest BCUT2D eigenvalue weighted by Crippen LogP contribution is -2.39. The van der Waals surface area contributed by atoms with E-state index in [1.807, 2.05) is 37.5 Å². The Morgan fingerprint density at radius 3 is 2.92 bits per heavy atom. The third-order valence-corrected chi connectivity index (χ3v) is 6.14. The zero-order valence-corrected chi connectivity index (χ0v) is 14.9. The van der Waals surface area contributed by atoms with Gasteiger partial charge >= 0.3 is 0 Å². The maximum atomic E-state index is 13.5. The summed E-state index contributed by atoms with van der Waals surface area (Å²) < 4.78 is 28.8. The largest absolute Gasteiger partial charge is 0.273 e. The van der Waals surface area contributed by atoms with Gasteiger partial charge in [0.25, 0.3) is 5.92 Å². The van der Waals surface area contributed by atoms with Gasteiger partial charge in [-0.15, -0.1) is 11.3 Å². The number of nitrogens with zero attached hydrogens (tertiary/aromatic N) is 4. The molecule has 0 N–H and O–H groups in total. The van der Waals surface area contributed by atoms with Crippen LogP contribution in [0.5, 0.6) is 0 Å². The van der Waals surface area contributed by atoms with Crippen molar-refractivity contribution in [3.05, 3.63) is 41.5 Å². The second kappa shape index (κ2) is 5.54. The summed E-state index contributed by atoms with van der Waals surface area (Å²) in [6, 6.07) is 7.97. The van der Waals surface area contributed by atoms with E-state index in [1.54, 1.807) is 10.9 Å². The van der Waals surface area contributed by atoms with Gasteiger partial charge in [0.05, 0.1) is 5.69 Å². The summed E-state index contributed by atoms with van der Waals surface area (Å²) in [7, 11) is 1.87. The van der Waals surface area contributed by atoms with Crippen molar-refractivity contribution in [1.82, 2.24) is 19.7 Å². The van der Waals surface area contributed by atoms with Crippen molar-refractivity contribution in [1.29, 1.82) is 0 Å². The van der Waals surface area contributed by atoms with E-state index < -0.39 is 11.8 Å². The molecule has 0 amide bonds. The number of thiophene rings is 1. The van der Waals surface area contributed by atoms with Gasteiger partial charge in [-0.05, 0) is 37.1 Å². The summed E-state index contributed by atoms with van der Waals surface area (Å²) >= 11 is 1.51. The molecule has 1 unspecified atom stereocenters. The van der Waals surface area contributed by atoms with Crippen molar-refractivity contribution in [3.8, 4) is 11.3 Å². The Morgan fingerprint density at radius 2 is 2.15 bits per heavy atom. The summed E-state index contributed by atoms with van der Waals surface area (Å²) in [5, 5.41) is 6.25. The average molecular weight is 370 g/mol. The molecule has 0 aromatic carbocycles. The van der Waals surface area contributed by atoms with Gasteiger partial charge in [0, 0.05) is 53.0 Å². The molecule has 4 heterocycles. The topological polar surface area (TPSA) is 43.6 Å². The number of rotatable bonds is 3. The Hall–Kier alpha value is -2.41. The normalized spacial score (nSPS) is 19.1. The van der Waals surface area contributed by atoms with Gasteiger partial charge in [0.1, 0.15) is 4.83 Å². The lowest BCUT2D eigenvalue weighted by Gasteiger charge is -2.35. The lowest BCUT2D eigenvalue weighted by molar-refractivity contribution is -0.131. The predicted molar refractivity (Wildman–Crippen MR) is 98.5 cm³/mol. The molecule has 4 aromatic rings. The van der Waals surface area contributed by atoms with Crippen molar-refractivity contribution in [3.63, 3.8) is 0 Å². The molecule has 5 rings (SSSR count). The van der Waals surface area contributed by atoms with Crippen LogP contribution >= 0.6 is 11.3 Å². The fourth-order valence-electron chi connectivity index (χ4n) is 3.46. The highest BCUT2D eigenvalue weighted by Gasteiger charge is 2.47. The van der Waals surface area contributed by atoms with Crippen LogP contribution in [0.3, 0.4) is 0 Å². The van der Waals surface area contributed by atoms with Crippen LogP contribution in [-0.2, 0) is 13.5 Å². The summed E-state index contributed by atoms with van der Waals surface area (Å²) in [5.74, 6) is -3.02. The number of aromatic nitrogens is 4. The Bertz CT molecular complexity index is 1130. The summed E-state index contributed by atoms with van der Waals surface area (Å²) in [4.78, 5) is 11.0. The van der Waals surface area contributed by atoms with Crippen LogP contribution in [0.25, 0.3) is 32.5 Å². The Balaban J connectivity index is 1.48. The van der Waals surface area contributed by atoms with E-state index in [2.05, 4.69) is 10.1 Å². The van der Waals surface area contributed by atoms with Gasteiger partial charge in [-0.2, -0.15) is 5.10 Å². The molecule has 1 saturated carbocycles. The maximum Gasteiger partial charge on any atom is 0.251 e. The molecule has 132 valence electrons. The van der Waals surface area contributed by atoms with Crippen LogP contribution in [0.1, 0.15) is 17.7 Å². The van der Waals surface area contributed by atoms with E-state index >= 15 is 0 Å². The number of hydrogen-bond donors (Lipinski definition) is 0. The summed E-state index contributed by atoms with van der Waals surface area (Å²) in [5.41, 5.74) is 2.46. The fraction of sp³-hybridized carbons (Fsp3) is 0.316. The summed E-state index contributed by atoms with van der Waals surface area (Å²) in [6.45, 7) is 0.